The number of amides is 2. The standard InChI is InChI=1S/C14H16FN3O4/c15-3-5-17-6-7-18(11(14(17)22)8-12(19)20)13(21)10-2-1-4-16-9-10/h1-2,4,9,11H,3,5-8H2,(H,19,20). The average Bonchev–Trinajstić information content (AvgIpc) is 2.51. The Labute approximate surface area is 126 Å². The van der Waals surface area contributed by atoms with Crippen molar-refractivity contribution < 1.29 is 23.9 Å². The molecule has 1 aliphatic heterocycles. The third-order valence-electron chi connectivity index (χ3n) is 3.48. The molecule has 1 saturated heterocycles. The van der Waals surface area contributed by atoms with Crippen molar-refractivity contribution in [1.29, 1.82) is 0 Å². The third-order valence-corrected chi connectivity index (χ3v) is 3.48. The average molecular weight is 309 g/mol. The number of aromatic nitrogens is 1. The zero-order valence-electron chi connectivity index (χ0n) is 11.8. The van der Waals surface area contributed by atoms with Crippen LogP contribution in [0, 0.1) is 0 Å². The summed E-state index contributed by atoms with van der Waals surface area (Å²) in [6, 6.07) is 2.01. The summed E-state index contributed by atoms with van der Waals surface area (Å²) in [4.78, 5) is 42.0. The molecule has 22 heavy (non-hydrogen) atoms. The van der Waals surface area contributed by atoms with Crippen molar-refractivity contribution in [3.8, 4) is 0 Å². The molecule has 2 rings (SSSR count). The molecule has 0 aromatic carbocycles. The van der Waals surface area contributed by atoms with Gasteiger partial charge in [0.2, 0.25) is 5.91 Å². The van der Waals surface area contributed by atoms with Gasteiger partial charge in [-0.05, 0) is 12.1 Å². The van der Waals surface area contributed by atoms with E-state index in [1.54, 1.807) is 12.1 Å². The van der Waals surface area contributed by atoms with Crippen LogP contribution in [0.2, 0.25) is 0 Å². The third kappa shape index (κ3) is 3.38. The highest BCUT2D eigenvalue weighted by atomic mass is 19.1. The maximum Gasteiger partial charge on any atom is 0.305 e. The van der Waals surface area contributed by atoms with Crippen LogP contribution in [0.3, 0.4) is 0 Å². The van der Waals surface area contributed by atoms with E-state index in [-0.39, 0.29) is 25.2 Å². The Morgan fingerprint density at radius 2 is 2.18 bits per heavy atom. The SMILES string of the molecule is O=C(O)CC1C(=O)N(CCF)CCN1C(=O)c1cccnc1. The van der Waals surface area contributed by atoms with E-state index >= 15 is 0 Å². The minimum Gasteiger partial charge on any atom is -0.481 e. The number of hydrogen-bond acceptors (Lipinski definition) is 4. The molecule has 0 aliphatic carbocycles. The molecule has 2 heterocycles. The number of rotatable bonds is 5. The predicted octanol–water partition coefficient (Wildman–Crippen LogP) is 0.179. The Kier molecular flexibility index (Phi) is 5.03. The largest absolute Gasteiger partial charge is 0.481 e. The Morgan fingerprint density at radius 1 is 1.41 bits per heavy atom. The van der Waals surface area contributed by atoms with E-state index in [4.69, 9.17) is 5.11 Å². The first-order valence-electron chi connectivity index (χ1n) is 6.82. The van der Waals surface area contributed by atoms with Crippen LogP contribution in [0.4, 0.5) is 4.39 Å². The molecule has 0 saturated carbocycles. The number of hydrogen-bond donors (Lipinski definition) is 1. The molecule has 1 atom stereocenters. The number of carbonyl (C=O) groups excluding carboxylic acids is 2. The molecule has 1 unspecified atom stereocenters. The van der Waals surface area contributed by atoms with E-state index in [1.165, 1.54) is 22.2 Å². The summed E-state index contributed by atoms with van der Waals surface area (Å²) in [7, 11) is 0. The van der Waals surface area contributed by atoms with Crippen LogP contribution in [0.5, 0.6) is 0 Å². The number of piperazine rings is 1. The molecule has 0 spiro atoms. The molecule has 1 fully saturated rings. The zero-order chi connectivity index (χ0) is 16.1. The summed E-state index contributed by atoms with van der Waals surface area (Å²) in [5, 5.41) is 8.97. The number of pyridine rings is 1. The highest BCUT2D eigenvalue weighted by molar-refractivity contribution is 5.99. The Bertz CT molecular complexity index is 566. The van der Waals surface area contributed by atoms with Gasteiger partial charge in [0.15, 0.2) is 0 Å². The molecule has 0 radical (unpaired) electrons. The molecule has 1 aromatic rings. The van der Waals surface area contributed by atoms with Crippen molar-refractivity contribution in [1.82, 2.24) is 14.8 Å². The smallest absolute Gasteiger partial charge is 0.305 e. The van der Waals surface area contributed by atoms with Crippen LogP contribution in [0.15, 0.2) is 24.5 Å². The molecular weight excluding hydrogens is 293 g/mol. The Morgan fingerprint density at radius 3 is 2.77 bits per heavy atom. The number of nitrogens with zero attached hydrogens (tertiary/aromatic N) is 3. The first-order chi connectivity index (χ1) is 10.5. The van der Waals surface area contributed by atoms with E-state index in [9.17, 15) is 18.8 Å². The van der Waals surface area contributed by atoms with Crippen molar-refractivity contribution in [2.24, 2.45) is 0 Å². The molecule has 8 heteroatoms. The van der Waals surface area contributed by atoms with Gasteiger partial charge in [-0.15, -0.1) is 0 Å². The zero-order valence-corrected chi connectivity index (χ0v) is 11.8. The van der Waals surface area contributed by atoms with Crippen molar-refractivity contribution in [2.75, 3.05) is 26.3 Å². The fourth-order valence-electron chi connectivity index (χ4n) is 2.42. The van der Waals surface area contributed by atoms with Gasteiger partial charge in [-0.3, -0.25) is 19.4 Å². The predicted molar refractivity (Wildman–Crippen MR) is 73.9 cm³/mol. The van der Waals surface area contributed by atoms with E-state index in [2.05, 4.69) is 4.98 Å². The van der Waals surface area contributed by atoms with E-state index < -0.39 is 36.9 Å². The molecule has 1 N–H and O–H groups in total. The normalized spacial score (nSPS) is 18.4. The monoisotopic (exact) mass is 309 g/mol. The second kappa shape index (κ2) is 6.97. The Balaban J connectivity index is 2.23. The lowest BCUT2D eigenvalue weighted by atomic mass is 10.1. The van der Waals surface area contributed by atoms with Gasteiger partial charge in [-0.25, -0.2) is 4.39 Å². The van der Waals surface area contributed by atoms with Crippen molar-refractivity contribution in [3.63, 3.8) is 0 Å². The molecule has 7 nitrogen and oxygen atoms in total. The lowest BCUT2D eigenvalue weighted by Crippen LogP contribution is -2.59. The van der Waals surface area contributed by atoms with Gasteiger partial charge >= 0.3 is 5.97 Å². The van der Waals surface area contributed by atoms with E-state index in [0.29, 0.717) is 0 Å². The lowest BCUT2D eigenvalue weighted by Gasteiger charge is -2.39. The molecule has 118 valence electrons. The second-order valence-electron chi connectivity index (χ2n) is 4.87. The van der Waals surface area contributed by atoms with Crippen molar-refractivity contribution in [3.05, 3.63) is 30.1 Å². The second-order valence-corrected chi connectivity index (χ2v) is 4.87. The maximum atomic E-state index is 12.5. The van der Waals surface area contributed by atoms with E-state index in [0.717, 1.165) is 0 Å². The van der Waals surface area contributed by atoms with Gasteiger partial charge in [0.1, 0.15) is 12.7 Å². The van der Waals surface area contributed by atoms with Crippen LogP contribution in [-0.4, -0.2) is 70.0 Å². The van der Waals surface area contributed by atoms with E-state index in [1.807, 2.05) is 0 Å². The quantitative estimate of drug-likeness (QED) is 0.838. The molecule has 1 aliphatic rings. The number of alkyl halides is 1. The lowest BCUT2D eigenvalue weighted by molar-refractivity contribution is -0.147. The highest BCUT2D eigenvalue weighted by Gasteiger charge is 2.38. The topological polar surface area (TPSA) is 90.8 Å². The molecule has 1 aromatic heterocycles. The van der Waals surface area contributed by atoms with Gasteiger partial charge in [0.05, 0.1) is 12.0 Å². The van der Waals surface area contributed by atoms with Gasteiger partial charge < -0.3 is 14.9 Å². The summed E-state index contributed by atoms with van der Waals surface area (Å²) >= 11 is 0. The van der Waals surface area contributed by atoms with Gasteiger partial charge in [0.25, 0.3) is 5.91 Å². The number of halogens is 1. The van der Waals surface area contributed by atoms with Gasteiger partial charge in [-0.1, -0.05) is 0 Å². The first kappa shape index (κ1) is 15.9. The van der Waals surface area contributed by atoms with Gasteiger partial charge in [-0.2, -0.15) is 0 Å². The number of carboxylic acids is 1. The van der Waals surface area contributed by atoms with Crippen LogP contribution in [0.1, 0.15) is 16.8 Å². The Hall–Kier alpha value is -2.51. The number of aliphatic carboxylic acids is 1. The van der Waals surface area contributed by atoms with Crippen molar-refractivity contribution >= 4 is 17.8 Å². The van der Waals surface area contributed by atoms with Crippen LogP contribution in [-0.2, 0) is 9.59 Å². The summed E-state index contributed by atoms with van der Waals surface area (Å²) < 4.78 is 12.5. The minimum absolute atomic E-state index is 0.0934. The van der Waals surface area contributed by atoms with Crippen molar-refractivity contribution in [2.45, 2.75) is 12.5 Å². The first-order valence-corrected chi connectivity index (χ1v) is 6.82. The summed E-state index contributed by atoms with van der Waals surface area (Å²) in [6.45, 7) is -0.450. The highest BCUT2D eigenvalue weighted by Crippen LogP contribution is 2.18. The van der Waals surface area contributed by atoms with Crippen LogP contribution >= 0.6 is 0 Å². The maximum absolute atomic E-state index is 12.5. The minimum atomic E-state index is -1.19. The van der Waals surface area contributed by atoms with Crippen LogP contribution in [0.25, 0.3) is 0 Å². The fourth-order valence-corrected chi connectivity index (χ4v) is 2.42. The number of carboxylic acid groups (broad SMARTS) is 1. The number of carbonyl (C=O) groups is 3. The van der Waals surface area contributed by atoms with Crippen LogP contribution < -0.4 is 0 Å². The summed E-state index contributed by atoms with van der Waals surface area (Å²) in [5.74, 6) is -2.18. The molecule has 0 bridgehead atoms. The summed E-state index contributed by atoms with van der Waals surface area (Å²) in [5.41, 5.74) is 0.282. The molecule has 2 amide bonds. The summed E-state index contributed by atoms with van der Waals surface area (Å²) in [6.07, 6.45) is 2.36. The molecular formula is C14H16FN3O4. The fraction of sp³-hybridized carbons (Fsp3) is 0.429. The van der Waals surface area contributed by atoms with Gasteiger partial charge in [0, 0.05) is 32.0 Å².